The zero-order valence-electron chi connectivity index (χ0n) is 12.2. The van der Waals surface area contributed by atoms with Crippen molar-refractivity contribution < 1.29 is 23.8 Å². The average molecular weight is 285 g/mol. The summed E-state index contributed by atoms with van der Waals surface area (Å²) >= 11 is 0. The van der Waals surface area contributed by atoms with E-state index in [0.717, 1.165) is 6.42 Å². The average Bonchev–Trinajstić information content (AvgIpc) is 3.23. The molecule has 2 rings (SSSR count). The molecule has 0 unspecified atom stereocenters. The summed E-state index contributed by atoms with van der Waals surface area (Å²) in [6, 6.07) is 0. The van der Waals surface area contributed by atoms with E-state index in [1.54, 1.807) is 4.90 Å². The third-order valence-electron chi connectivity index (χ3n) is 3.57. The van der Waals surface area contributed by atoms with Crippen LogP contribution < -0.4 is 0 Å². The van der Waals surface area contributed by atoms with E-state index in [-0.39, 0.29) is 36.4 Å². The Hall–Kier alpha value is -1.14. The molecule has 1 aliphatic heterocycles. The Morgan fingerprint density at radius 2 is 2.00 bits per heavy atom. The maximum atomic E-state index is 11.8. The Balaban J connectivity index is 1.62. The lowest BCUT2D eigenvalue weighted by molar-refractivity contribution is -0.155. The van der Waals surface area contributed by atoms with Gasteiger partial charge in [-0.25, -0.2) is 0 Å². The van der Waals surface area contributed by atoms with Crippen LogP contribution >= 0.6 is 0 Å². The maximum absolute atomic E-state index is 11.8. The van der Waals surface area contributed by atoms with E-state index in [9.17, 15) is 9.59 Å². The molecule has 0 N–H and O–H groups in total. The highest BCUT2D eigenvalue weighted by molar-refractivity contribution is 5.82. The third kappa shape index (κ3) is 4.45. The summed E-state index contributed by atoms with van der Waals surface area (Å²) < 4.78 is 15.7. The van der Waals surface area contributed by atoms with Gasteiger partial charge in [-0.2, -0.15) is 0 Å². The van der Waals surface area contributed by atoms with Crippen LogP contribution in [0.25, 0.3) is 0 Å². The van der Waals surface area contributed by atoms with Crippen LogP contribution in [0, 0.1) is 11.8 Å². The first kappa shape index (κ1) is 15.3. The SMILES string of the molecule is CC(C)OC[C@@H]1C[C@H]1C(=O)OCC(=O)N1CCOCC1. The lowest BCUT2D eigenvalue weighted by atomic mass is 10.3. The second-order valence-corrected chi connectivity index (χ2v) is 5.59. The fraction of sp³-hybridized carbons (Fsp3) is 0.857. The quantitative estimate of drug-likeness (QED) is 0.663. The van der Waals surface area contributed by atoms with Gasteiger partial charge in [-0.05, 0) is 26.2 Å². The number of esters is 1. The molecule has 0 aromatic heterocycles. The summed E-state index contributed by atoms with van der Waals surface area (Å²) in [6.45, 7) is 6.62. The van der Waals surface area contributed by atoms with Crippen molar-refractivity contribution in [2.45, 2.75) is 26.4 Å². The summed E-state index contributed by atoms with van der Waals surface area (Å²) in [5.74, 6) is -0.254. The summed E-state index contributed by atoms with van der Waals surface area (Å²) in [5.41, 5.74) is 0. The monoisotopic (exact) mass is 285 g/mol. The second-order valence-electron chi connectivity index (χ2n) is 5.59. The van der Waals surface area contributed by atoms with Crippen LogP contribution in [0.4, 0.5) is 0 Å². The van der Waals surface area contributed by atoms with Gasteiger partial charge < -0.3 is 19.1 Å². The van der Waals surface area contributed by atoms with Crippen molar-refractivity contribution in [3.8, 4) is 0 Å². The fourth-order valence-corrected chi connectivity index (χ4v) is 2.18. The molecular formula is C14H23NO5. The molecule has 1 aliphatic carbocycles. The van der Waals surface area contributed by atoms with Gasteiger partial charge in [0.25, 0.3) is 5.91 Å². The number of ether oxygens (including phenoxy) is 3. The van der Waals surface area contributed by atoms with Crippen molar-refractivity contribution >= 4 is 11.9 Å². The van der Waals surface area contributed by atoms with Gasteiger partial charge in [0.05, 0.1) is 31.8 Å². The van der Waals surface area contributed by atoms with E-state index in [2.05, 4.69) is 0 Å². The predicted octanol–water partition coefficient (Wildman–Crippen LogP) is 0.450. The highest BCUT2D eigenvalue weighted by Crippen LogP contribution is 2.39. The first-order chi connectivity index (χ1) is 9.58. The minimum Gasteiger partial charge on any atom is -0.455 e. The molecule has 0 aromatic rings. The molecule has 6 heteroatoms. The molecule has 0 aromatic carbocycles. The Morgan fingerprint density at radius 3 is 2.65 bits per heavy atom. The summed E-state index contributed by atoms with van der Waals surface area (Å²) in [6.07, 6.45) is 0.979. The van der Waals surface area contributed by atoms with Crippen molar-refractivity contribution in [3.63, 3.8) is 0 Å². The Morgan fingerprint density at radius 1 is 1.30 bits per heavy atom. The van der Waals surface area contributed by atoms with Crippen LogP contribution in [0.3, 0.4) is 0 Å². The van der Waals surface area contributed by atoms with Gasteiger partial charge in [0, 0.05) is 13.1 Å². The van der Waals surface area contributed by atoms with Gasteiger partial charge in [0.1, 0.15) is 0 Å². The number of carbonyl (C=O) groups excluding carboxylic acids is 2. The topological polar surface area (TPSA) is 65.1 Å². The van der Waals surface area contributed by atoms with Crippen LogP contribution in [0.15, 0.2) is 0 Å². The zero-order valence-corrected chi connectivity index (χ0v) is 12.2. The Bertz CT molecular complexity index is 351. The summed E-state index contributed by atoms with van der Waals surface area (Å²) in [7, 11) is 0. The number of carbonyl (C=O) groups is 2. The van der Waals surface area contributed by atoms with E-state index in [4.69, 9.17) is 14.2 Å². The molecule has 1 heterocycles. The molecule has 1 saturated carbocycles. The largest absolute Gasteiger partial charge is 0.455 e. The normalized spacial score (nSPS) is 25.6. The van der Waals surface area contributed by atoms with Crippen molar-refractivity contribution in [2.75, 3.05) is 39.5 Å². The molecule has 114 valence electrons. The van der Waals surface area contributed by atoms with Crippen LogP contribution in [-0.2, 0) is 23.8 Å². The number of amides is 1. The molecular weight excluding hydrogens is 262 g/mol. The van der Waals surface area contributed by atoms with Crippen molar-refractivity contribution in [3.05, 3.63) is 0 Å². The highest BCUT2D eigenvalue weighted by Gasteiger charge is 2.44. The summed E-state index contributed by atoms with van der Waals surface area (Å²) in [5, 5.41) is 0. The molecule has 1 amide bonds. The van der Waals surface area contributed by atoms with E-state index < -0.39 is 0 Å². The number of hydrogen-bond donors (Lipinski definition) is 0. The first-order valence-electron chi connectivity index (χ1n) is 7.21. The van der Waals surface area contributed by atoms with E-state index in [0.29, 0.717) is 32.9 Å². The lowest BCUT2D eigenvalue weighted by Crippen LogP contribution is -2.42. The van der Waals surface area contributed by atoms with E-state index in [1.807, 2.05) is 13.8 Å². The predicted molar refractivity (Wildman–Crippen MR) is 71.0 cm³/mol. The van der Waals surface area contributed by atoms with Gasteiger partial charge >= 0.3 is 5.97 Å². The third-order valence-corrected chi connectivity index (χ3v) is 3.57. The van der Waals surface area contributed by atoms with Crippen LogP contribution in [-0.4, -0.2) is 62.4 Å². The fourth-order valence-electron chi connectivity index (χ4n) is 2.18. The van der Waals surface area contributed by atoms with Crippen molar-refractivity contribution in [2.24, 2.45) is 11.8 Å². The van der Waals surface area contributed by atoms with Crippen LogP contribution in [0.2, 0.25) is 0 Å². The van der Waals surface area contributed by atoms with Gasteiger partial charge in [-0.3, -0.25) is 9.59 Å². The van der Waals surface area contributed by atoms with Crippen molar-refractivity contribution in [1.29, 1.82) is 0 Å². The lowest BCUT2D eigenvalue weighted by Gasteiger charge is -2.26. The number of morpholine rings is 1. The van der Waals surface area contributed by atoms with Crippen molar-refractivity contribution in [1.82, 2.24) is 4.90 Å². The van der Waals surface area contributed by atoms with E-state index in [1.165, 1.54) is 0 Å². The van der Waals surface area contributed by atoms with E-state index >= 15 is 0 Å². The Kier molecular flexibility index (Phi) is 5.37. The van der Waals surface area contributed by atoms with Gasteiger partial charge in [0.2, 0.25) is 0 Å². The molecule has 0 spiro atoms. The number of nitrogens with zero attached hydrogens (tertiary/aromatic N) is 1. The molecule has 2 aliphatic rings. The van der Waals surface area contributed by atoms with Gasteiger partial charge in [0.15, 0.2) is 6.61 Å². The minimum absolute atomic E-state index is 0.0914. The smallest absolute Gasteiger partial charge is 0.309 e. The van der Waals surface area contributed by atoms with Gasteiger partial charge in [-0.15, -0.1) is 0 Å². The standard InChI is InChI=1S/C14H23NO5/c1-10(2)19-8-11-7-12(11)14(17)20-9-13(16)15-3-5-18-6-4-15/h10-12H,3-9H2,1-2H3/t11-,12+/m0/s1. The molecule has 6 nitrogen and oxygen atoms in total. The van der Waals surface area contributed by atoms with Gasteiger partial charge in [-0.1, -0.05) is 0 Å². The highest BCUT2D eigenvalue weighted by atomic mass is 16.5. The molecule has 2 atom stereocenters. The molecule has 0 bridgehead atoms. The maximum Gasteiger partial charge on any atom is 0.309 e. The molecule has 0 radical (unpaired) electrons. The number of hydrogen-bond acceptors (Lipinski definition) is 5. The first-order valence-corrected chi connectivity index (χ1v) is 7.21. The number of rotatable bonds is 6. The second kappa shape index (κ2) is 7.04. The molecule has 2 fully saturated rings. The summed E-state index contributed by atoms with van der Waals surface area (Å²) in [4.78, 5) is 25.3. The van der Waals surface area contributed by atoms with Crippen LogP contribution in [0.5, 0.6) is 0 Å². The zero-order chi connectivity index (χ0) is 14.5. The molecule has 1 saturated heterocycles. The minimum atomic E-state index is -0.274. The molecule has 20 heavy (non-hydrogen) atoms. The van der Waals surface area contributed by atoms with Crippen LogP contribution in [0.1, 0.15) is 20.3 Å². The Labute approximate surface area is 119 Å².